The Labute approximate surface area is 120 Å². The summed E-state index contributed by atoms with van der Waals surface area (Å²) < 4.78 is 10.4. The van der Waals surface area contributed by atoms with E-state index in [4.69, 9.17) is 9.15 Å². The molecule has 0 unspecified atom stereocenters. The summed E-state index contributed by atoms with van der Waals surface area (Å²) in [6.07, 6.45) is 0.629. The van der Waals surface area contributed by atoms with Gasteiger partial charge >= 0.3 is 6.09 Å². The fourth-order valence-corrected chi connectivity index (χ4v) is 1.79. The van der Waals surface area contributed by atoms with E-state index in [0.717, 1.165) is 0 Å². The molecule has 104 valence electrons. The summed E-state index contributed by atoms with van der Waals surface area (Å²) in [5.41, 5.74) is 1.20. The lowest BCUT2D eigenvalue weighted by Crippen LogP contribution is -2.17. The zero-order valence-electron chi connectivity index (χ0n) is 10.9. The standard InChI is InChI=1S/C15H11N3O3/c19-15(17-11-6-2-1-3-7-11)21-13-9-5-4-8-12(13)14-18-16-10-20-14/h1-10H,(H,17,19). The number of nitrogens with one attached hydrogen (secondary N) is 1. The fraction of sp³-hybridized carbons (Fsp3) is 0. The Morgan fingerprint density at radius 3 is 2.57 bits per heavy atom. The number of hydrogen-bond donors (Lipinski definition) is 1. The molecule has 6 nitrogen and oxygen atoms in total. The number of carbonyl (C=O) groups is 1. The number of nitrogens with zero attached hydrogens (tertiary/aromatic N) is 2. The Morgan fingerprint density at radius 1 is 1.05 bits per heavy atom. The van der Waals surface area contributed by atoms with Gasteiger partial charge in [-0.15, -0.1) is 10.2 Å². The third kappa shape index (κ3) is 3.06. The molecule has 0 atom stereocenters. The summed E-state index contributed by atoms with van der Waals surface area (Å²) in [5, 5.41) is 10.1. The number of aromatic nitrogens is 2. The third-order valence-corrected chi connectivity index (χ3v) is 2.70. The van der Waals surface area contributed by atoms with Crippen LogP contribution < -0.4 is 10.1 Å². The van der Waals surface area contributed by atoms with Crippen LogP contribution in [0.5, 0.6) is 5.75 Å². The van der Waals surface area contributed by atoms with E-state index < -0.39 is 6.09 Å². The predicted molar refractivity (Wildman–Crippen MR) is 75.8 cm³/mol. The van der Waals surface area contributed by atoms with Crippen molar-refractivity contribution in [1.82, 2.24) is 10.2 Å². The molecule has 0 radical (unpaired) electrons. The number of ether oxygens (including phenoxy) is 1. The van der Waals surface area contributed by atoms with E-state index in [2.05, 4.69) is 15.5 Å². The minimum atomic E-state index is -0.590. The molecule has 1 aromatic heterocycles. The molecule has 0 aliphatic heterocycles. The number of hydrogen-bond acceptors (Lipinski definition) is 5. The fourth-order valence-electron chi connectivity index (χ4n) is 1.79. The van der Waals surface area contributed by atoms with E-state index >= 15 is 0 Å². The highest BCUT2D eigenvalue weighted by atomic mass is 16.6. The number of rotatable bonds is 3. The molecule has 1 N–H and O–H groups in total. The van der Waals surface area contributed by atoms with Gasteiger partial charge in [-0.25, -0.2) is 4.79 Å². The summed E-state index contributed by atoms with van der Waals surface area (Å²) in [5.74, 6) is 0.633. The van der Waals surface area contributed by atoms with Crippen LogP contribution in [0.2, 0.25) is 0 Å². The van der Waals surface area contributed by atoms with Crippen LogP contribution in [0.25, 0.3) is 11.5 Å². The van der Waals surface area contributed by atoms with Crippen LogP contribution in [0, 0.1) is 0 Å². The van der Waals surface area contributed by atoms with Gasteiger partial charge in [-0.3, -0.25) is 5.32 Å². The molecule has 3 rings (SSSR count). The molecule has 0 bridgehead atoms. The molecule has 0 aliphatic carbocycles. The van der Waals surface area contributed by atoms with Gasteiger partial charge in [0.25, 0.3) is 5.89 Å². The second-order valence-electron chi connectivity index (χ2n) is 4.12. The Balaban J connectivity index is 1.78. The van der Waals surface area contributed by atoms with E-state index in [0.29, 0.717) is 17.0 Å². The molecule has 1 amide bonds. The van der Waals surface area contributed by atoms with E-state index in [-0.39, 0.29) is 5.89 Å². The van der Waals surface area contributed by atoms with Crippen molar-refractivity contribution >= 4 is 11.8 Å². The third-order valence-electron chi connectivity index (χ3n) is 2.70. The lowest BCUT2D eigenvalue weighted by atomic mass is 10.2. The summed E-state index contributed by atoms with van der Waals surface area (Å²) in [6, 6.07) is 16.0. The van der Waals surface area contributed by atoms with Crippen molar-refractivity contribution in [2.24, 2.45) is 0 Å². The predicted octanol–water partition coefficient (Wildman–Crippen LogP) is 3.35. The maximum absolute atomic E-state index is 11.9. The molecule has 0 saturated carbocycles. The first kappa shape index (κ1) is 12.9. The molecule has 0 spiro atoms. The van der Waals surface area contributed by atoms with Crippen molar-refractivity contribution in [3.63, 3.8) is 0 Å². The first-order valence-electron chi connectivity index (χ1n) is 6.22. The minimum absolute atomic E-state index is 0.290. The van der Waals surface area contributed by atoms with Gasteiger partial charge < -0.3 is 9.15 Å². The second-order valence-corrected chi connectivity index (χ2v) is 4.12. The number of anilines is 1. The van der Waals surface area contributed by atoms with Crippen LogP contribution in [0.3, 0.4) is 0 Å². The average molecular weight is 281 g/mol. The zero-order chi connectivity index (χ0) is 14.5. The maximum atomic E-state index is 11.9. The first-order valence-corrected chi connectivity index (χ1v) is 6.22. The van der Waals surface area contributed by atoms with Gasteiger partial charge in [-0.1, -0.05) is 30.3 Å². The monoisotopic (exact) mass is 281 g/mol. The van der Waals surface area contributed by atoms with Crippen LogP contribution in [-0.2, 0) is 0 Å². The molecule has 0 fully saturated rings. The molecular weight excluding hydrogens is 270 g/mol. The van der Waals surface area contributed by atoms with Gasteiger partial charge in [0.15, 0.2) is 0 Å². The quantitative estimate of drug-likeness (QED) is 0.796. The number of carbonyl (C=O) groups excluding carboxylic acids is 1. The highest BCUT2D eigenvalue weighted by Crippen LogP contribution is 2.28. The van der Waals surface area contributed by atoms with Gasteiger partial charge in [-0.05, 0) is 24.3 Å². The van der Waals surface area contributed by atoms with E-state index in [1.165, 1.54) is 6.39 Å². The van der Waals surface area contributed by atoms with Gasteiger partial charge in [0.2, 0.25) is 6.39 Å². The number of para-hydroxylation sites is 2. The van der Waals surface area contributed by atoms with Crippen LogP contribution in [0.1, 0.15) is 0 Å². The summed E-state index contributed by atoms with van der Waals surface area (Å²) >= 11 is 0. The summed E-state index contributed by atoms with van der Waals surface area (Å²) in [4.78, 5) is 11.9. The van der Waals surface area contributed by atoms with Crippen molar-refractivity contribution in [2.75, 3.05) is 5.32 Å². The Bertz CT molecular complexity index is 727. The van der Waals surface area contributed by atoms with Gasteiger partial charge in [0, 0.05) is 5.69 Å². The van der Waals surface area contributed by atoms with Crippen molar-refractivity contribution in [2.45, 2.75) is 0 Å². The molecule has 2 aromatic carbocycles. The molecule has 21 heavy (non-hydrogen) atoms. The van der Waals surface area contributed by atoms with Crippen molar-refractivity contribution in [1.29, 1.82) is 0 Å². The van der Waals surface area contributed by atoms with Crippen LogP contribution >= 0.6 is 0 Å². The summed E-state index contributed by atoms with van der Waals surface area (Å²) in [7, 11) is 0. The smallest absolute Gasteiger partial charge is 0.417 e. The maximum Gasteiger partial charge on any atom is 0.417 e. The van der Waals surface area contributed by atoms with Gasteiger partial charge in [0.05, 0.1) is 5.56 Å². The Morgan fingerprint density at radius 2 is 1.81 bits per heavy atom. The second kappa shape index (κ2) is 5.87. The molecule has 1 heterocycles. The minimum Gasteiger partial charge on any atom is -0.423 e. The lowest BCUT2D eigenvalue weighted by Gasteiger charge is -2.08. The first-order chi connectivity index (χ1) is 10.3. The summed E-state index contributed by atoms with van der Waals surface area (Å²) in [6.45, 7) is 0. The zero-order valence-corrected chi connectivity index (χ0v) is 10.9. The highest BCUT2D eigenvalue weighted by molar-refractivity contribution is 5.87. The normalized spacial score (nSPS) is 10.1. The lowest BCUT2D eigenvalue weighted by molar-refractivity contribution is 0.215. The van der Waals surface area contributed by atoms with E-state index in [1.807, 2.05) is 18.2 Å². The van der Waals surface area contributed by atoms with E-state index in [9.17, 15) is 4.79 Å². The van der Waals surface area contributed by atoms with Crippen LogP contribution in [0.15, 0.2) is 65.4 Å². The van der Waals surface area contributed by atoms with Crippen molar-refractivity contribution in [3.05, 3.63) is 61.0 Å². The molecule has 0 saturated heterocycles. The van der Waals surface area contributed by atoms with Gasteiger partial charge in [-0.2, -0.15) is 0 Å². The largest absolute Gasteiger partial charge is 0.423 e. The van der Waals surface area contributed by atoms with Crippen molar-refractivity contribution < 1.29 is 13.9 Å². The SMILES string of the molecule is O=C(Nc1ccccc1)Oc1ccccc1-c1nnco1. The average Bonchev–Trinajstić information content (AvgIpc) is 3.03. The number of benzene rings is 2. The highest BCUT2D eigenvalue weighted by Gasteiger charge is 2.13. The van der Waals surface area contributed by atoms with Crippen LogP contribution in [0.4, 0.5) is 10.5 Å². The van der Waals surface area contributed by atoms with Crippen molar-refractivity contribution in [3.8, 4) is 17.2 Å². The molecule has 0 aliphatic rings. The van der Waals surface area contributed by atoms with Crippen LogP contribution in [-0.4, -0.2) is 16.3 Å². The van der Waals surface area contributed by atoms with E-state index in [1.54, 1.807) is 36.4 Å². The Kier molecular flexibility index (Phi) is 3.60. The Hall–Kier alpha value is -3.15. The number of amides is 1. The molecule has 3 aromatic rings. The van der Waals surface area contributed by atoms with Gasteiger partial charge in [0.1, 0.15) is 5.75 Å². The topological polar surface area (TPSA) is 77.2 Å². The molecule has 6 heteroatoms. The molecular formula is C15H11N3O3.